The Kier molecular flexibility index (Phi) is 9.41. The fourth-order valence-electron chi connectivity index (χ4n) is 4.04. The van der Waals surface area contributed by atoms with Crippen molar-refractivity contribution in [3.8, 4) is 22.4 Å². The van der Waals surface area contributed by atoms with E-state index in [1.54, 1.807) is 0 Å². The second-order valence-electron chi connectivity index (χ2n) is 7.97. The molecular formula is C30H28IrN. The summed E-state index contributed by atoms with van der Waals surface area (Å²) >= 11 is 0. The van der Waals surface area contributed by atoms with Gasteiger partial charge in [0, 0.05) is 11.8 Å². The summed E-state index contributed by atoms with van der Waals surface area (Å²) < 4.78 is 0. The van der Waals surface area contributed by atoms with Gasteiger partial charge in [0.15, 0.2) is 0 Å². The average Bonchev–Trinajstić information content (AvgIpc) is 2.86. The molecule has 0 spiro atoms. The van der Waals surface area contributed by atoms with E-state index in [9.17, 15) is 0 Å². The van der Waals surface area contributed by atoms with Crippen molar-refractivity contribution >= 4 is 0 Å². The van der Waals surface area contributed by atoms with Crippen LogP contribution in [0.1, 0.15) is 42.7 Å². The molecule has 32 heavy (non-hydrogen) atoms. The predicted molar refractivity (Wildman–Crippen MR) is 129 cm³/mol. The van der Waals surface area contributed by atoms with Crippen LogP contribution in [0, 0.1) is 25.5 Å². The van der Waals surface area contributed by atoms with E-state index in [1.165, 1.54) is 47.9 Å². The molecule has 5 rings (SSSR count). The zero-order valence-corrected chi connectivity index (χ0v) is 20.8. The summed E-state index contributed by atoms with van der Waals surface area (Å²) in [7, 11) is 0. The van der Waals surface area contributed by atoms with Crippen LogP contribution in [0.3, 0.4) is 0 Å². The number of pyridine rings is 1. The molecule has 1 aromatic heterocycles. The second-order valence-corrected chi connectivity index (χ2v) is 7.97. The summed E-state index contributed by atoms with van der Waals surface area (Å²) in [6, 6.07) is 35.2. The molecule has 0 N–H and O–H groups in total. The molecule has 0 bridgehead atoms. The fourth-order valence-corrected chi connectivity index (χ4v) is 4.04. The van der Waals surface area contributed by atoms with Gasteiger partial charge in [0.25, 0.3) is 0 Å². The SMILES string of the molecule is Cc1cc(-c2[c-]cccc2)ncc1-c1ccccc1.[Ir+3].[c-]1ccccc1C1[CH-]CCCC1. The van der Waals surface area contributed by atoms with E-state index in [0.717, 1.165) is 11.3 Å². The average molecular weight is 595 g/mol. The molecule has 1 aliphatic carbocycles. The quantitative estimate of drug-likeness (QED) is 0.220. The first-order valence-corrected chi connectivity index (χ1v) is 11.1. The van der Waals surface area contributed by atoms with Crippen molar-refractivity contribution in [2.24, 2.45) is 0 Å². The van der Waals surface area contributed by atoms with Gasteiger partial charge in [-0.15, -0.1) is 35.9 Å². The summed E-state index contributed by atoms with van der Waals surface area (Å²) in [6.07, 6.45) is 9.75. The van der Waals surface area contributed by atoms with Crippen molar-refractivity contribution in [3.05, 3.63) is 121 Å². The fraction of sp³-hybridized carbons (Fsp3) is 0.200. The molecule has 1 heterocycles. The van der Waals surface area contributed by atoms with Gasteiger partial charge < -0.3 is 11.4 Å². The summed E-state index contributed by atoms with van der Waals surface area (Å²) in [6.45, 7) is 2.12. The van der Waals surface area contributed by atoms with Crippen molar-refractivity contribution in [1.82, 2.24) is 4.98 Å². The third-order valence-electron chi connectivity index (χ3n) is 5.73. The molecule has 1 atom stereocenters. The van der Waals surface area contributed by atoms with Gasteiger partial charge >= 0.3 is 20.1 Å². The first kappa shape index (κ1) is 24.1. The minimum absolute atomic E-state index is 0. The zero-order valence-electron chi connectivity index (χ0n) is 18.4. The monoisotopic (exact) mass is 595 g/mol. The number of aryl methyl sites for hydroxylation is 1. The molecule has 162 valence electrons. The van der Waals surface area contributed by atoms with Crippen molar-refractivity contribution in [2.75, 3.05) is 0 Å². The Bertz CT molecular complexity index is 1060. The first-order chi connectivity index (χ1) is 15.3. The number of aromatic nitrogens is 1. The molecular weight excluding hydrogens is 567 g/mol. The molecule has 1 nitrogen and oxygen atoms in total. The molecule has 2 heteroatoms. The van der Waals surface area contributed by atoms with Crippen molar-refractivity contribution < 1.29 is 20.1 Å². The standard InChI is InChI=1S/C18H14N.C12H14.Ir/c1-14-12-18(16-10-6-3-7-11-16)19-13-17(14)15-8-4-2-5-9-15;1-3-7-11(8-4-1)12-9-5-2-6-10-12;/h2-10,12-13H,1H3;1,3-4,7,9,12H,2,5-6,10H2;/q-1;-2;+3. The minimum atomic E-state index is 0. The number of hydrogen-bond acceptors (Lipinski definition) is 1. The van der Waals surface area contributed by atoms with Gasteiger partial charge in [0.1, 0.15) is 0 Å². The van der Waals surface area contributed by atoms with E-state index < -0.39 is 0 Å². The van der Waals surface area contributed by atoms with Crippen LogP contribution in [0.25, 0.3) is 22.4 Å². The molecule has 1 saturated carbocycles. The van der Waals surface area contributed by atoms with Crippen molar-refractivity contribution in [3.63, 3.8) is 0 Å². The Morgan fingerprint density at radius 3 is 2.25 bits per heavy atom. The van der Waals surface area contributed by atoms with Crippen LogP contribution in [-0.4, -0.2) is 4.98 Å². The maximum Gasteiger partial charge on any atom is 3.00 e. The van der Waals surface area contributed by atoms with Gasteiger partial charge in [-0.25, -0.2) is 0 Å². The maximum atomic E-state index is 4.55. The Morgan fingerprint density at radius 2 is 1.62 bits per heavy atom. The van der Waals surface area contributed by atoms with E-state index in [1.807, 2.05) is 60.8 Å². The number of benzene rings is 3. The van der Waals surface area contributed by atoms with Crippen LogP contribution in [-0.2, 0) is 20.1 Å². The van der Waals surface area contributed by atoms with Crippen LogP contribution >= 0.6 is 0 Å². The largest absolute Gasteiger partial charge is 3.00 e. The van der Waals surface area contributed by atoms with Gasteiger partial charge in [0.05, 0.1) is 0 Å². The Labute approximate surface area is 206 Å². The molecule has 1 aliphatic rings. The van der Waals surface area contributed by atoms with Gasteiger partial charge in [-0.3, -0.25) is 0 Å². The molecule has 0 radical (unpaired) electrons. The number of rotatable bonds is 3. The first-order valence-electron chi connectivity index (χ1n) is 11.1. The topological polar surface area (TPSA) is 12.9 Å². The van der Waals surface area contributed by atoms with Gasteiger partial charge in [0.2, 0.25) is 0 Å². The van der Waals surface area contributed by atoms with Gasteiger partial charge in [-0.2, -0.15) is 48.2 Å². The maximum absolute atomic E-state index is 4.55. The van der Waals surface area contributed by atoms with Crippen LogP contribution in [0.5, 0.6) is 0 Å². The van der Waals surface area contributed by atoms with Crippen LogP contribution in [0.2, 0.25) is 0 Å². The minimum Gasteiger partial charge on any atom is -0.323 e. The summed E-state index contributed by atoms with van der Waals surface area (Å²) in [4.78, 5) is 4.55. The van der Waals surface area contributed by atoms with E-state index in [-0.39, 0.29) is 20.1 Å². The van der Waals surface area contributed by atoms with Crippen molar-refractivity contribution in [2.45, 2.75) is 38.5 Å². The molecule has 1 unspecified atom stereocenters. The summed E-state index contributed by atoms with van der Waals surface area (Å²) in [5.41, 5.74) is 6.99. The Hall–Kier alpha value is -2.54. The van der Waals surface area contributed by atoms with E-state index >= 15 is 0 Å². The number of hydrogen-bond donors (Lipinski definition) is 0. The Balaban J connectivity index is 0.000000193. The van der Waals surface area contributed by atoms with Crippen LogP contribution < -0.4 is 0 Å². The van der Waals surface area contributed by atoms with Crippen LogP contribution in [0.15, 0.2) is 91.1 Å². The summed E-state index contributed by atoms with van der Waals surface area (Å²) in [5.74, 6) is 0.681. The van der Waals surface area contributed by atoms with E-state index in [0.29, 0.717) is 5.92 Å². The third-order valence-corrected chi connectivity index (χ3v) is 5.73. The zero-order chi connectivity index (χ0) is 21.3. The summed E-state index contributed by atoms with van der Waals surface area (Å²) in [5, 5.41) is 0. The normalized spacial score (nSPS) is 15.1. The molecule has 4 aromatic rings. The molecule has 0 amide bonds. The molecule has 0 saturated heterocycles. The van der Waals surface area contributed by atoms with Crippen LogP contribution in [0.4, 0.5) is 0 Å². The molecule has 0 aliphatic heterocycles. The number of nitrogens with zero attached hydrogens (tertiary/aromatic N) is 1. The smallest absolute Gasteiger partial charge is 0.323 e. The van der Waals surface area contributed by atoms with Gasteiger partial charge in [-0.1, -0.05) is 55.7 Å². The molecule has 1 fully saturated rings. The Morgan fingerprint density at radius 1 is 0.875 bits per heavy atom. The molecule has 3 aromatic carbocycles. The van der Waals surface area contributed by atoms with Crippen molar-refractivity contribution in [1.29, 1.82) is 0 Å². The van der Waals surface area contributed by atoms with E-state index in [4.69, 9.17) is 0 Å². The third kappa shape index (κ3) is 6.48. The second kappa shape index (κ2) is 12.5. The van der Waals surface area contributed by atoms with Gasteiger partial charge in [-0.05, 0) is 23.7 Å². The predicted octanol–water partition coefficient (Wildman–Crippen LogP) is 7.87. The van der Waals surface area contributed by atoms with E-state index in [2.05, 4.69) is 60.8 Å².